The molecule has 8 nitrogen and oxygen atoms in total. The van der Waals surface area contributed by atoms with Crippen molar-refractivity contribution < 1.29 is 9.18 Å². The fourth-order valence-corrected chi connectivity index (χ4v) is 6.44. The zero-order chi connectivity index (χ0) is 28.5. The molecular weight excluding hydrogens is 517 g/mol. The molecule has 0 spiro atoms. The smallest absolute Gasteiger partial charge is 0.255 e. The minimum Gasteiger partial charge on any atom is -0.353 e. The van der Waals surface area contributed by atoms with Gasteiger partial charge in [-0.2, -0.15) is 4.98 Å². The number of pyridine rings is 1. The van der Waals surface area contributed by atoms with Gasteiger partial charge in [0, 0.05) is 69.2 Å². The van der Waals surface area contributed by atoms with Crippen molar-refractivity contribution in [2.45, 2.75) is 65.0 Å². The molecule has 3 aliphatic rings. The highest BCUT2D eigenvalue weighted by Gasteiger charge is 2.28. The van der Waals surface area contributed by atoms with Crippen molar-refractivity contribution in [1.82, 2.24) is 19.9 Å². The summed E-state index contributed by atoms with van der Waals surface area (Å²) in [7, 11) is 0. The molecular formula is C32H40FN7O. The van der Waals surface area contributed by atoms with Crippen molar-refractivity contribution >= 4 is 23.5 Å². The van der Waals surface area contributed by atoms with E-state index in [2.05, 4.69) is 28.5 Å². The Morgan fingerprint density at radius 2 is 1.59 bits per heavy atom. The van der Waals surface area contributed by atoms with Gasteiger partial charge in [0.15, 0.2) is 0 Å². The van der Waals surface area contributed by atoms with Crippen LogP contribution in [0.25, 0.3) is 11.3 Å². The minimum atomic E-state index is -0.255. The van der Waals surface area contributed by atoms with Crippen molar-refractivity contribution in [2.24, 2.45) is 0 Å². The van der Waals surface area contributed by atoms with Crippen LogP contribution in [0.4, 0.5) is 22.0 Å². The molecule has 5 heterocycles. The Hall–Kier alpha value is -3.75. The lowest BCUT2D eigenvalue weighted by Gasteiger charge is -2.37. The van der Waals surface area contributed by atoms with Crippen LogP contribution in [-0.4, -0.2) is 77.1 Å². The maximum atomic E-state index is 13.6. The van der Waals surface area contributed by atoms with Gasteiger partial charge in [0.1, 0.15) is 17.5 Å². The van der Waals surface area contributed by atoms with E-state index in [-0.39, 0.29) is 17.8 Å². The Morgan fingerprint density at radius 1 is 0.854 bits per heavy atom. The summed E-state index contributed by atoms with van der Waals surface area (Å²) in [5.41, 5.74) is 3.40. The molecule has 3 aromatic rings. The van der Waals surface area contributed by atoms with Gasteiger partial charge < -0.3 is 19.6 Å². The number of halogens is 1. The quantitative estimate of drug-likeness (QED) is 0.421. The number of benzene rings is 1. The van der Waals surface area contributed by atoms with Gasteiger partial charge in [-0.25, -0.2) is 14.4 Å². The number of anilines is 3. The Morgan fingerprint density at radius 3 is 2.27 bits per heavy atom. The number of carbonyl (C=O) groups is 1. The fourth-order valence-electron chi connectivity index (χ4n) is 6.44. The fraction of sp³-hybridized carbons (Fsp3) is 0.500. The van der Waals surface area contributed by atoms with Crippen LogP contribution in [0.3, 0.4) is 0 Å². The van der Waals surface area contributed by atoms with Gasteiger partial charge in [-0.05, 0) is 88.8 Å². The van der Waals surface area contributed by atoms with Crippen LogP contribution < -0.4 is 14.7 Å². The second kappa shape index (κ2) is 11.6. The van der Waals surface area contributed by atoms with Crippen LogP contribution in [0.5, 0.6) is 0 Å². The number of hydrogen-bond acceptors (Lipinski definition) is 7. The zero-order valence-corrected chi connectivity index (χ0v) is 24.4. The third-order valence-corrected chi connectivity index (χ3v) is 8.92. The predicted octanol–water partition coefficient (Wildman–Crippen LogP) is 5.32. The zero-order valence-electron chi connectivity index (χ0n) is 24.4. The molecule has 3 aliphatic heterocycles. The molecule has 0 bridgehead atoms. The number of nitrogens with zero attached hydrogens (tertiary/aromatic N) is 7. The molecule has 41 heavy (non-hydrogen) atoms. The van der Waals surface area contributed by atoms with E-state index >= 15 is 0 Å². The van der Waals surface area contributed by atoms with Gasteiger partial charge in [0.25, 0.3) is 5.91 Å². The third kappa shape index (κ3) is 5.72. The molecule has 0 saturated carbocycles. The molecule has 2 atom stereocenters. The summed E-state index contributed by atoms with van der Waals surface area (Å²) in [6.07, 6.45) is 7.34. The number of aromatic nitrogens is 3. The van der Waals surface area contributed by atoms with Crippen molar-refractivity contribution in [3.05, 3.63) is 59.5 Å². The highest BCUT2D eigenvalue weighted by atomic mass is 19.1. The SMILES string of the molecule is Cc1cc(C(=O)N2CCCCC2C)cnc1N1CCN(c2cc(-c3ccc(F)cc3)nc(N3CCCC3C)n2)CC1. The topological polar surface area (TPSA) is 68.7 Å². The normalized spacial score (nSPS) is 21.5. The lowest BCUT2D eigenvalue weighted by molar-refractivity contribution is 0.0635. The Bertz CT molecular complexity index is 1390. The van der Waals surface area contributed by atoms with Crippen molar-refractivity contribution in [3.8, 4) is 11.3 Å². The summed E-state index contributed by atoms with van der Waals surface area (Å²) >= 11 is 0. The van der Waals surface area contributed by atoms with Crippen molar-refractivity contribution in [2.75, 3.05) is 54.0 Å². The van der Waals surface area contributed by atoms with Crippen LogP contribution >= 0.6 is 0 Å². The minimum absolute atomic E-state index is 0.0908. The van der Waals surface area contributed by atoms with Gasteiger partial charge in [-0.15, -0.1) is 0 Å². The molecule has 2 unspecified atom stereocenters. The Labute approximate surface area is 242 Å². The lowest BCUT2D eigenvalue weighted by atomic mass is 10.0. The first kappa shape index (κ1) is 27.4. The number of likely N-dealkylation sites (tertiary alicyclic amines) is 1. The number of rotatable bonds is 5. The summed E-state index contributed by atoms with van der Waals surface area (Å²) in [5.74, 6) is 2.42. The highest BCUT2D eigenvalue weighted by molar-refractivity contribution is 5.94. The lowest BCUT2D eigenvalue weighted by Crippen LogP contribution is -2.47. The molecule has 3 fully saturated rings. The Balaban J connectivity index is 1.19. The average molecular weight is 558 g/mol. The highest BCUT2D eigenvalue weighted by Crippen LogP contribution is 2.30. The van der Waals surface area contributed by atoms with Crippen LogP contribution in [-0.2, 0) is 0 Å². The molecule has 2 aromatic heterocycles. The number of piperidine rings is 1. The number of hydrogen-bond donors (Lipinski definition) is 0. The number of amides is 1. The van der Waals surface area contributed by atoms with E-state index in [1.165, 1.54) is 18.6 Å². The second-order valence-corrected chi connectivity index (χ2v) is 11.8. The van der Waals surface area contributed by atoms with E-state index in [9.17, 15) is 9.18 Å². The standard InChI is InChI=1S/C32H40FN7O/c1-22-19-26(31(41)39-13-5-4-7-23(39)2)21-34-30(22)38-17-15-37(16-18-38)29-20-28(25-9-11-27(33)12-10-25)35-32(36-29)40-14-6-8-24(40)3/h9-12,19-21,23-24H,4-8,13-18H2,1-3H3. The van der Waals surface area contributed by atoms with Gasteiger partial charge in [-0.3, -0.25) is 4.79 Å². The summed E-state index contributed by atoms with van der Waals surface area (Å²) in [6.45, 7) is 11.4. The first-order valence-electron chi connectivity index (χ1n) is 15.1. The molecule has 0 radical (unpaired) electrons. The first-order valence-corrected chi connectivity index (χ1v) is 15.1. The summed E-state index contributed by atoms with van der Waals surface area (Å²) in [6, 6.07) is 11.2. The van der Waals surface area contributed by atoms with E-state index < -0.39 is 0 Å². The first-order chi connectivity index (χ1) is 19.9. The van der Waals surface area contributed by atoms with E-state index in [1.54, 1.807) is 18.3 Å². The molecule has 9 heteroatoms. The molecule has 0 N–H and O–H groups in total. The van der Waals surface area contributed by atoms with Crippen LogP contribution in [0, 0.1) is 12.7 Å². The molecule has 216 valence electrons. The number of carbonyl (C=O) groups excluding carboxylic acids is 1. The van der Waals surface area contributed by atoms with E-state index in [0.29, 0.717) is 11.6 Å². The predicted molar refractivity (Wildman–Crippen MR) is 161 cm³/mol. The molecule has 3 saturated heterocycles. The van der Waals surface area contributed by atoms with E-state index in [1.807, 2.05) is 24.0 Å². The maximum Gasteiger partial charge on any atom is 0.255 e. The van der Waals surface area contributed by atoms with Crippen LogP contribution in [0.2, 0.25) is 0 Å². The van der Waals surface area contributed by atoms with Gasteiger partial charge >= 0.3 is 0 Å². The number of piperazine rings is 1. The van der Waals surface area contributed by atoms with E-state index in [4.69, 9.17) is 15.0 Å². The van der Waals surface area contributed by atoms with Crippen LogP contribution in [0.1, 0.15) is 61.9 Å². The Kier molecular flexibility index (Phi) is 7.77. The second-order valence-electron chi connectivity index (χ2n) is 11.8. The molecule has 1 aromatic carbocycles. The van der Waals surface area contributed by atoms with Gasteiger partial charge in [0.05, 0.1) is 11.3 Å². The molecule has 6 rings (SSSR count). The largest absolute Gasteiger partial charge is 0.353 e. The number of aryl methyl sites for hydroxylation is 1. The van der Waals surface area contributed by atoms with Crippen molar-refractivity contribution in [3.63, 3.8) is 0 Å². The summed E-state index contributed by atoms with van der Waals surface area (Å²) in [5, 5.41) is 0. The van der Waals surface area contributed by atoms with Gasteiger partial charge in [0.2, 0.25) is 5.95 Å². The van der Waals surface area contributed by atoms with Crippen molar-refractivity contribution in [1.29, 1.82) is 0 Å². The van der Waals surface area contributed by atoms with Crippen LogP contribution in [0.15, 0.2) is 42.6 Å². The maximum absolute atomic E-state index is 13.6. The summed E-state index contributed by atoms with van der Waals surface area (Å²) < 4.78 is 13.6. The molecule has 1 amide bonds. The van der Waals surface area contributed by atoms with E-state index in [0.717, 1.165) is 99.4 Å². The monoisotopic (exact) mass is 557 g/mol. The van der Waals surface area contributed by atoms with Gasteiger partial charge in [-0.1, -0.05) is 0 Å². The molecule has 0 aliphatic carbocycles. The average Bonchev–Trinajstić information content (AvgIpc) is 3.43. The third-order valence-electron chi connectivity index (χ3n) is 8.92. The summed E-state index contributed by atoms with van der Waals surface area (Å²) in [4.78, 5) is 36.8.